The highest BCUT2D eigenvalue weighted by atomic mass is 19.3. The number of likely N-dealkylation sites (N-methyl/N-ethyl adjacent to an activating group) is 2. The zero-order valence-electron chi connectivity index (χ0n) is 12.2. The predicted octanol–water partition coefficient (Wildman–Crippen LogP) is 3.27. The molecule has 0 aromatic heterocycles. The zero-order valence-corrected chi connectivity index (χ0v) is 12.2. The number of nitrogens with zero attached hydrogens (tertiary/aromatic N) is 1. The van der Waals surface area contributed by atoms with Crippen LogP contribution in [0.15, 0.2) is 24.3 Å². The van der Waals surface area contributed by atoms with Gasteiger partial charge in [-0.25, -0.2) is 8.78 Å². The molecule has 19 heavy (non-hydrogen) atoms. The summed E-state index contributed by atoms with van der Waals surface area (Å²) < 4.78 is 24.6. The SMILES string of the molecule is CNC(CN(C)CC(F)F)c1ccc(C(C)C)cc1. The first-order valence-corrected chi connectivity index (χ1v) is 6.67. The van der Waals surface area contributed by atoms with E-state index in [-0.39, 0.29) is 12.6 Å². The molecule has 1 aromatic rings. The average molecular weight is 270 g/mol. The fourth-order valence-electron chi connectivity index (χ4n) is 2.10. The highest BCUT2D eigenvalue weighted by Gasteiger charge is 2.15. The number of nitrogens with one attached hydrogen (secondary N) is 1. The number of halogens is 2. The third-order valence-corrected chi connectivity index (χ3v) is 3.30. The lowest BCUT2D eigenvalue weighted by Crippen LogP contribution is -2.34. The molecule has 0 aliphatic heterocycles. The second kappa shape index (κ2) is 7.56. The summed E-state index contributed by atoms with van der Waals surface area (Å²) in [4.78, 5) is 1.65. The van der Waals surface area contributed by atoms with Crippen molar-refractivity contribution >= 4 is 0 Å². The molecule has 1 unspecified atom stereocenters. The molecular formula is C15H24F2N2. The van der Waals surface area contributed by atoms with E-state index >= 15 is 0 Å². The molecule has 0 saturated carbocycles. The highest BCUT2D eigenvalue weighted by Crippen LogP contribution is 2.19. The lowest BCUT2D eigenvalue weighted by atomic mass is 9.99. The van der Waals surface area contributed by atoms with E-state index in [9.17, 15) is 8.78 Å². The molecule has 0 aliphatic carbocycles. The number of hydrogen-bond acceptors (Lipinski definition) is 2. The minimum absolute atomic E-state index is 0.0740. The number of benzene rings is 1. The van der Waals surface area contributed by atoms with Gasteiger partial charge in [0.1, 0.15) is 0 Å². The average Bonchev–Trinajstić information content (AvgIpc) is 2.35. The molecule has 0 radical (unpaired) electrons. The van der Waals surface area contributed by atoms with Gasteiger partial charge in [0.2, 0.25) is 0 Å². The molecule has 0 heterocycles. The molecule has 0 amide bonds. The van der Waals surface area contributed by atoms with Gasteiger partial charge in [0, 0.05) is 12.6 Å². The second-order valence-electron chi connectivity index (χ2n) is 5.27. The Bertz CT molecular complexity index is 363. The van der Waals surface area contributed by atoms with E-state index in [1.165, 1.54) is 5.56 Å². The first kappa shape index (κ1) is 16.1. The third-order valence-electron chi connectivity index (χ3n) is 3.30. The summed E-state index contributed by atoms with van der Waals surface area (Å²) in [5.74, 6) is 0.503. The van der Waals surface area contributed by atoms with Crippen molar-refractivity contribution in [3.63, 3.8) is 0 Å². The maximum Gasteiger partial charge on any atom is 0.251 e. The van der Waals surface area contributed by atoms with Crippen LogP contribution in [0.1, 0.15) is 36.9 Å². The molecule has 0 saturated heterocycles. The normalized spacial score (nSPS) is 13.5. The second-order valence-corrected chi connectivity index (χ2v) is 5.27. The summed E-state index contributed by atoms with van der Waals surface area (Å²) >= 11 is 0. The molecule has 0 aliphatic rings. The quantitative estimate of drug-likeness (QED) is 0.818. The smallest absolute Gasteiger partial charge is 0.251 e. The molecule has 0 bridgehead atoms. The Morgan fingerprint density at radius 2 is 1.58 bits per heavy atom. The van der Waals surface area contributed by atoms with Gasteiger partial charge < -0.3 is 5.32 Å². The molecule has 1 rings (SSSR count). The Kier molecular flexibility index (Phi) is 6.38. The minimum Gasteiger partial charge on any atom is -0.312 e. The van der Waals surface area contributed by atoms with Crippen molar-refractivity contribution in [2.75, 3.05) is 27.2 Å². The van der Waals surface area contributed by atoms with E-state index in [1.807, 2.05) is 7.05 Å². The van der Waals surface area contributed by atoms with Crippen LogP contribution in [0.2, 0.25) is 0 Å². The molecule has 0 fully saturated rings. The fraction of sp³-hybridized carbons (Fsp3) is 0.600. The molecule has 2 nitrogen and oxygen atoms in total. The van der Waals surface area contributed by atoms with Crippen molar-refractivity contribution in [1.82, 2.24) is 10.2 Å². The minimum atomic E-state index is -2.29. The maximum atomic E-state index is 12.3. The van der Waals surface area contributed by atoms with Gasteiger partial charge in [-0.2, -0.15) is 0 Å². The lowest BCUT2D eigenvalue weighted by molar-refractivity contribution is 0.0963. The molecule has 1 N–H and O–H groups in total. The number of alkyl halides is 2. The van der Waals surface area contributed by atoms with E-state index in [0.29, 0.717) is 12.5 Å². The molecule has 108 valence electrons. The van der Waals surface area contributed by atoms with Crippen LogP contribution in [-0.4, -0.2) is 38.5 Å². The standard InChI is InChI=1S/C15H24F2N2/c1-11(2)12-5-7-13(8-6-12)14(18-3)9-19(4)10-15(16)17/h5-8,11,14-15,18H,9-10H2,1-4H3. The van der Waals surface area contributed by atoms with Gasteiger partial charge in [-0.05, 0) is 31.1 Å². The van der Waals surface area contributed by atoms with Gasteiger partial charge in [0.05, 0.1) is 6.54 Å². The van der Waals surface area contributed by atoms with Crippen molar-refractivity contribution in [3.05, 3.63) is 35.4 Å². The van der Waals surface area contributed by atoms with Gasteiger partial charge in [-0.1, -0.05) is 38.1 Å². The molecule has 0 spiro atoms. The molecule has 1 aromatic carbocycles. The number of hydrogen-bond donors (Lipinski definition) is 1. The summed E-state index contributed by atoms with van der Waals surface area (Å²) in [6.45, 7) is 4.69. The predicted molar refractivity (Wildman–Crippen MR) is 75.8 cm³/mol. The summed E-state index contributed by atoms with van der Waals surface area (Å²) in [7, 11) is 3.58. The van der Waals surface area contributed by atoms with E-state index in [2.05, 4.69) is 43.4 Å². The molecular weight excluding hydrogens is 246 g/mol. The van der Waals surface area contributed by atoms with Crippen molar-refractivity contribution in [2.24, 2.45) is 0 Å². The van der Waals surface area contributed by atoms with Crippen LogP contribution in [-0.2, 0) is 0 Å². The van der Waals surface area contributed by atoms with Gasteiger partial charge >= 0.3 is 0 Å². The third kappa shape index (κ3) is 5.25. The van der Waals surface area contributed by atoms with Crippen LogP contribution in [0.3, 0.4) is 0 Å². The first-order valence-electron chi connectivity index (χ1n) is 6.67. The van der Waals surface area contributed by atoms with Crippen LogP contribution < -0.4 is 5.32 Å². The van der Waals surface area contributed by atoms with Crippen molar-refractivity contribution in [1.29, 1.82) is 0 Å². The zero-order chi connectivity index (χ0) is 14.4. The Labute approximate surface area is 114 Å². The van der Waals surface area contributed by atoms with Crippen LogP contribution in [0, 0.1) is 0 Å². The van der Waals surface area contributed by atoms with Gasteiger partial charge in [0.25, 0.3) is 6.43 Å². The summed E-state index contributed by atoms with van der Waals surface area (Å²) in [6.07, 6.45) is -2.29. The van der Waals surface area contributed by atoms with E-state index < -0.39 is 6.43 Å². The largest absolute Gasteiger partial charge is 0.312 e. The van der Waals surface area contributed by atoms with Crippen molar-refractivity contribution in [2.45, 2.75) is 32.2 Å². The summed E-state index contributed by atoms with van der Waals surface area (Å²) in [5, 5.41) is 3.18. The topological polar surface area (TPSA) is 15.3 Å². The first-order chi connectivity index (χ1) is 8.93. The van der Waals surface area contributed by atoms with E-state index in [1.54, 1.807) is 11.9 Å². The Hall–Kier alpha value is -1.00. The lowest BCUT2D eigenvalue weighted by Gasteiger charge is -2.24. The van der Waals surface area contributed by atoms with Crippen molar-refractivity contribution < 1.29 is 8.78 Å². The maximum absolute atomic E-state index is 12.3. The summed E-state index contributed by atoms with van der Waals surface area (Å²) in [5.41, 5.74) is 2.42. The van der Waals surface area contributed by atoms with Crippen LogP contribution in [0.4, 0.5) is 8.78 Å². The van der Waals surface area contributed by atoms with Gasteiger partial charge in [0.15, 0.2) is 0 Å². The monoisotopic (exact) mass is 270 g/mol. The Balaban J connectivity index is 2.68. The Morgan fingerprint density at radius 1 is 1.05 bits per heavy atom. The molecule has 4 heteroatoms. The Morgan fingerprint density at radius 3 is 2.00 bits per heavy atom. The van der Waals surface area contributed by atoms with Crippen LogP contribution in [0.25, 0.3) is 0 Å². The van der Waals surface area contributed by atoms with E-state index in [4.69, 9.17) is 0 Å². The van der Waals surface area contributed by atoms with Crippen LogP contribution >= 0.6 is 0 Å². The van der Waals surface area contributed by atoms with Crippen LogP contribution in [0.5, 0.6) is 0 Å². The fourth-order valence-corrected chi connectivity index (χ4v) is 2.10. The van der Waals surface area contributed by atoms with E-state index in [0.717, 1.165) is 5.56 Å². The molecule has 1 atom stereocenters. The van der Waals surface area contributed by atoms with Crippen molar-refractivity contribution in [3.8, 4) is 0 Å². The number of rotatable bonds is 7. The summed E-state index contributed by atoms with van der Waals surface area (Å²) in [6, 6.07) is 8.44. The van der Waals surface area contributed by atoms with Gasteiger partial charge in [-0.15, -0.1) is 0 Å². The highest BCUT2D eigenvalue weighted by molar-refractivity contribution is 5.27. The van der Waals surface area contributed by atoms with Gasteiger partial charge in [-0.3, -0.25) is 4.90 Å².